The molecule has 0 aliphatic carbocycles. The average Bonchev–Trinajstić information content (AvgIpc) is 2.62. The van der Waals surface area contributed by atoms with Crippen molar-refractivity contribution >= 4 is 33.1 Å². The van der Waals surface area contributed by atoms with Crippen LogP contribution in [0.4, 0.5) is 11.4 Å². The molecule has 0 heterocycles. The lowest BCUT2D eigenvalue weighted by molar-refractivity contribution is -0.116. The first-order chi connectivity index (χ1) is 13.1. The van der Waals surface area contributed by atoms with Crippen LogP contribution in [0.15, 0.2) is 36.4 Å². The third-order valence-corrected chi connectivity index (χ3v) is 4.78. The zero-order valence-corrected chi connectivity index (χ0v) is 17.1. The van der Waals surface area contributed by atoms with E-state index in [4.69, 9.17) is 4.74 Å². The van der Waals surface area contributed by atoms with E-state index in [-0.39, 0.29) is 36.0 Å². The number of carbonyl (C=O) groups is 2. The van der Waals surface area contributed by atoms with Gasteiger partial charge >= 0.3 is 0 Å². The summed E-state index contributed by atoms with van der Waals surface area (Å²) in [6.45, 7) is 3.91. The van der Waals surface area contributed by atoms with Crippen molar-refractivity contribution in [3.05, 3.63) is 53.1 Å². The van der Waals surface area contributed by atoms with E-state index in [9.17, 15) is 18.0 Å². The molecular weight excluding hydrogens is 380 g/mol. The van der Waals surface area contributed by atoms with Gasteiger partial charge in [-0.2, -0.15) is 0 Å². The predicted octanol–water partition coefficient (Wildman–Crippen LogP) is 3.29. The van der Waals surface area contributed by atoms with Crippen LogP contribution in [0.2, 0.25) is 0 Å². The number of aryl methyl sites for hydroxylation is 2. The Labute approximate surface area is 165 Å². The number of Topliss-reactive ketones (excluding diaryl/α,β-unsaturated/α-hetero) is 1. The highest BCUT2D eigenvalue weighted by Gasteiger charge is 2.13. The largest absolute Gasteiger partial charge is 0.494 e. The fraction of sp³-hybridized carbons (Fsp3) is 0.300. The molecule has 2 rings (SSSR count). The molecule has 0 aliphatic rings. The molecule has 0 bridgehead atoms. The molecule has 0 aliphatic heterocycles. The second kappa shape index (κ2) is 8.88. The van der Waals surface area contributed by atoms with Gasteiger partial charge in [-0.15, -0.1) is 0 Å². The predicted molar refractivity (Wildman–Crippen MR) is 110 cm³/mol. The van der Waals surface area contributed by atoms with E-state index in [2.05, 4.69) is 10.0 Å². The molecule has 7 nitrogen and oxygen atoms in total. The zero-order chi connectivity index (χ0) is 20.9. The SMILES string of the molecule is COc1cc(NC(=O)CCC(=O)c2ccc(C)c(C)c2)ccc1NS(C)(=O)=O. The van der Waals surface area contributed by atoms with E-state index in [1.165, 1.54) is 19.2 Å². The summed E-state index contributed by atoms with van der Waals surface area (Å²) < 4.78 is 30.2. The van der Waals surface area contributed by atoms with Crippen LogP contribution in [-0.4, -0.2) is 33.5 Å². The number of hydrogen-bond acceptors (Lipinski definition) is 5. The van der Waals surface area contributed by atoms with Gasteiger partial charge in [-0.25, -0.2) is 8.42 Å². The van der Waals surface area contributed by atoms with Gasteiger partial charge in [-0.3, -0.25) is 14.3 Å². The molecule has 8 heteroatoms. The van der Waals surface area contributed by atoms with Gasteiger partial charge in [0.25, 0.3) is 0 Å². The fourth-order valence-corrected chi connectivity index (χ4v) is 3.13. The van der Waals surface area contributed by atoms with Gasteiger partial charge in [0.1, 0.15) is 5.75 Å². The summed E-state index contributed by atoms with van der Waals surface area (Å²) in [6, 6.07) is 10.0. The van der Waals surface area contributed by atoms with Crippen molar-refractivity contribution in [3.8, 4) is 5.75 Å². The van der Waals surface area contributed by atoms with Gasteiger partial charge in [-0.1, -0.05) is 12.1 Å². The third kappa shape index (κ3) is 6.09. The van der Waals surface area contributed by atoms with Crippen LogP contribution >= 0.6 is 0 Å². The van der Waals surface area contributed by atoms with Gasteiger partial charge in [0.15, 0.2) is 5.78 Å². The highest BCUT2D eigenvalue weighted by molar-refractivity contribution is 7.92. The average molecular weight is 404 g/mol. The van der Waals surface area contributed by atoms with Crippen molar-refractivity contribution in [2.24, 2.45) is 0 Å². The second-order valence-electron chi connectivity index (χ2n) is 6.56. The number of amides is 1. The lowest BCUT2D eigenvalue weighted by atomic mass is 10.0. The lowest BCUT2D eigenvalue weighted by Gasteiger charge is -2.12. The summed E-state index contributed by atoms with van der Waals surface area (Å²) in [7, 11) is -2.05. The number of hydrogen-bond donors (Lipinski definition) is 2. The summed E-state index contributed by atoms with van der Waals surface area (Å²) in [5, 5.41) is 2.69. The molecule has 0 unspecified atom stereocenters. The first-order valence-corrected chi connectivity index (χ1v) is 10.5. The monoisotopic (exact) mass is 404 g/mol. The van der Waals surface area contributed by atoms with Crippen LogP contribution in [0.25, 0.3) is 0 Å². The van der Waals surface area contributed by atoms with Gasteiger partial charge in [0.2, 0.25) is 15.9 Å². The molecule has 1 amide bonds. The minimum atomic E-state index is -3.45. The number of carbonyl (C=O) groups excluding carboxylic acids is 2. The number of methoxy groups -OCH3 is 1. The first-order valence-electron chi connectivity index (χ1n) is 8.65. The topological polar surface area (TPSA) is 102 Å². The van der Waals surface area contributed by atoms with Crippen molar-refractivity contribution in [2.75, 3.05) is 23.4 Å². The summed E-state index contributed by atoms with van der Waals surface area (Å²) in [5.41, 5.74) is 3.45. The first kappa shape index (κ1) is 21.4. The maximum atomic E-state index is 12.3. The molecular formula is C20H24N2O5S. The smallest absolute Gasteiger partial charge is 0.229 e. The van der Waals surface area contributed by atoms with E-state index in [1.807, 2.05) is 26.0 Å². The number of ether oxygens (including phenoxy) is 1. The maximum absolute atomic E-state index is 12.3. The summed E-state index contributed by atoms with van der Waals surface area (Å²) in [5.74, 6) is -0.138. The van der Waals surface area contributed by atoms with Crippen molar-refractivity contribution in [1.82, 2.24) is 0 Å². The third-order valence-electron chi connectivity index (χ3n) is 4.19. The molecule has 0 atom stereocenters. The number of benzene rings is 2. The molecule has 0 aromatic heterocycles. The standard InChI is InChI=1S/C20H24N2O5S/c1-13-5-6-15(11-14(13)2)18(23)9-10-20(24)21-16-7-8-17(19(12-16)27-3)22-28(4,25)26/h5-8,11-12,22H,9-10H2,1-4H3,(H,21,24). The van der Waals surface area contributed by atoms with Crippen LogP contribution < -0.4 is 14.8 Å². The Morgan fingerprint density at radius 1 is 1.00 bits per heavy atom. The molecule has 2 aromatic carbocycles. The zero-order valence-electron chi connectivity index (χ0n) is 16.3. The van der Waals surface area contributed by atoms with Crippen molar-refractivity contribution < 1.29 is 22.7 Å². The molecule has 0 saturated heterocycles. The van der Waals surface area contributed by atoms with Crippen LogP contribution in [-0.2, 0) is 14.8 Å². The molecule has 0 radical (unpaired) electrons. The maximum Gasteiger partial charge on any atom is 0.229 e. The minimum absolute atomic E-state index is 0.0391. The molecule has 2 aromatic rings. The second-order valence-corrected chi connectivity index (χ2v) is 8.31. The lowest BCUT2D eigenvalue weighted by Crippen LogP contribution is -2.14. The van der Waals surface area contributed by atoms with Gasteiger partial charge < -0.3 is 10.1 Å². The van der Waals surface area contributed by atoms with Crippen molar-refractivity contribution in [3.63, 3.8) is 0 Å². The molecule has 0 saturated carbocycles. The Bertz CT molecular complexity index is 1000. The summed E-state index contributed by atoms with van der Waals surface area (Å²) in [4.78, 5) is 24.4. The number of sulfonamides is 1. The van der Waals surface area contributed by atoms with Crippen LogP contribution in [0.5, 0.6) is 5.75 Å². The molecule has 28 heavy (non-hydrogen) atoms. The Kier molecular flexibility index (Phi) is 6.80. The Morgan fingerprint density at radius 2 is 1.71 bits per heavy atom. The van der Waals surface area contributed by atoms with Crippen LogP contribution in [0, 0.1) is 13.8 Å². The van der Waals surface area contributed by atoms with E-state index in [0.717, 1.165) is 17.4 Å². The van der Waals surface area contributed by atoms with Crippen molar-refractivity contribution in [2.45, 2.75) is 26.7 Å². The van der Waals surface area contributed by atoms with Crippen molar-refractivity contribution in [1.29, 1.82) is 0 Å². The molecule has 0 spiro atoms. The summed E-state index contributed by atoms with van der Waals surface area (Å²) in [6.07, 6.45) is 1.17. The number of anilines is 2. The van der Waals surface area contributed by atoms with E-state index in [0.29, 0.717) is 11.3 Å². The van der Waals surface area contributed by atoms with Crippen LogP contribution in [0.3, 0.4) is 0 Å². The number of ketones is 1. The molecule has 0 fully saturated rings. The van der Waals surface area contributed by atoms with E-state index >= 15 is 0 Å². The van der Waals surface area contributed by atoms with Gasteiger partial charge in [0.05, 0.1) is 19.1 Å². The highest BCUT2D eigenvalue weighted by atomic mass is 32.2. The summed E-state index contributed by atoms with van der Waals surface area (Å²) >= 11 is 0. The van der Waals surface area contributed by atoms with E-state index < -0.39 is 10.0 Å². The number of rotatable bonds is 8. The number of nitrogens with one attached hydrogen (secondary N) is 2. The Morgan fingerprint density at radius 3 is 2.32 bits per heavy atom. The van der Waals surface area contributed by atoms with E-state index in [1.54, 1.807) is 12.1 Å². The molecule has 2 N–H and O–H groups in total. The fourth-order valence-electron chi connectivity index (χ4n) is 2.56. The Hall–Kier alpha value is -2.87. The quantitative estimate of drug-likeness (QED) is 0.658. The Balaban J connectivity index is 1.98. The van der Waals surface area contributed by atoms with Gasteiger partial charge in [-0.05, 0) is 43.2 Å². The normalized spacial score (nSPS) is 11.0. The van der Waals surface area contributed by atoms with Gasteiger partial charge in [0, 0.05) is 30.2 Å². The highest BCUT2D eigenvalue weighted by Crippen LogP contribution is 2.28. The van der Waals surface area contributed by atoms with Crippen LogP contribution in [0.1, 0.15) is 34.3 Å². The minimum Gasteiger partial charge on any atom is -0.494 e. The molecule has 150 valence electrons.